The summed E-state index contributed by atoms with van der Waals surface area (Å²) >= 11 is 1.46. The van der Waals surface area contributed by atoms with Gasteiger partial charge in [0, 0.05) is 12.0 Å². The zero-order chi connectivity index (χ0) is 10.4. The van der Waals surface area contributed by atoms with E-state index in [9.17, 15) is 0 Å². The number of nitrogens with two attached hydrogens (primary N) is 1. The van der Waals surface area contributed by atoms with E-state index in [1.165, 1.54) is 17.8 Å². The molecular formula is C10H18N2OS. The second-order valence-corrected chi connectivity index (χ2v) is 4.66. The van der Waals surface area contributed by atoms with E-state index in [1.807, 2.05) is 5.38 Å². The molecule has 0 aliphatic rings. The standard InChI is InChI=1S/C10H18N2OS/c1-8(2)4-3-5-13-6-9-7-14-10(11)12-9/h7-8H,3-6H2,1-2H3,(H2,11,12). The Balaban J connectivity index is 2.04. The molecule has 80 valence electrons. The Bertz CT molecular complexity index is 260. The molecule has 0 saturated carbocycles. The molecule has 0 bridgehead atoms. The van der Waals surface area contributed by atoms with E-state index in [4.69, 9.17) is 10.5 Å². The van der Waals surface area contributed by atoms with Gasteiger partial charge in [-0.1, -0.05) is 13.8 Å². The average Bonchev–Trinajstić information content (AvgIpc) is 2.50. The van der Waals surface area contributed by atoms with Gasteiger partial charge in [0.05, 0.1) is 12.3 Å². The summed E-state index contributed by atoms with van der Waals surface area (Å²) in [5, 5.41) is 2.56. The van der Waals surface area contributed by atoms with Gasteiger partial charge >= 0.3 is 0 Å². The van der Waals surface area contributed by atoms with Gasteiger partial charge in [-0.25, -0.2) is 4.98 Å². The molecule has 0 aliphatic heterocycles. The van der Waals surface area contributed by atoms with Gasteiger partial charge in [0.15, 0.2) is 5.13 Å². The van der Waals surface area contributed by atoms with Crippen molar-refractivity contribution in [2.75, 3.05) is 12.3 Å². The lowest BCUT2D eigenvalue weighted by molar-refractivity contribution is 0.113. The van der Waals surface area contributed by atoms with Crippen LogP contribution >= 0.6 is 11.3 Å². The monoisotopic (exact) mass is 214 g/mol. The van der Waals surface area contributed by atoms with E-state index in [2.05, 4.69) is 18.8 Å². The van der Waals surface area contributed by atoms with Crippen molar-refractivity contribution < 1.29 is 4.74 Å². The van der Waals surface area contributed by atoms with Crippen LogP contribution in [0.1, 0.15) is 32.4 Å². The lowest BCUT2D eigenvalue weighted by atomic mass is 10.1. The maximum Gasteiger partial charge on any atom is 0.180 e. The smallest absolute Gasteiger partial charge is 0.180 e. The SMILES string of the molecule is CC(C)CCCOCc1csc(N)n1. The summed E-state index contributed by atoms with van der Waals surface area (Å²) in [6, 6.07) is 0. The van der Waals surface area contributed by atoms with Crippen LogP contribution in [0.15, 0.2) is 5.38 Å². The number of anilines is 1. The molecule has 1 aromatic heterocycles. The minimum Gasteiger partial charge on any atom is -0.375 e. The quantitative estimate of drug-likeness (QED) is 0.741. The Morgan fingerprint density at radius 2 is 2.36 bits per heavy atom. The zero-order valence-electron chi connectivity index (χ0n) is 8.82. The molecule has 0 fully saturated rings. The van der Waals surface area contributed by atoms with E-state index in [0.29, 0.717) is 11.7 Å². The summed E-state index contributed by atoms with van der Waals surface area (Å²) in [5.41, 5.74) is 6.44. The predicted molar refractivity (Wildman–Crippen MR) is 60.3 cm³/mol. The maximum atomic E-state index is 5.50. The molecule has 3 nitrogen and oxygen atoms in total. The van der Waals surface area contributed by atoms with Crippen molar-refractivity contribution in [1.82, 2.24) is 4.98 Å². The molecule has 1 rings (SSSR count). The number of nitrogens with zero attached hydrogens (tertiary/aromatic N) is 1. The highest BCUT2D eigenvalue weighted by atomic mass is 32.1. The fourth-order valence-electron chi connectivity index (χ4n) is 1.16. The highest BCUT2D eigenvalue weighted by Crippen LogP contribution is 2.12. The van der Waals surface area contributed by atoms with Gasteiger partial charge in [0.2, 0.25) is 0 Å². The van der Waals surface area contributed by atoms with E-state index in [-0.39, 0.29) is 0 Å². The van der Waals surface area contributed by atoms with Crippen LogP contribution in [0.2, 0.25) is 0 Å². The molecule has 0 atom stereocenters. The van der Waals surface area contributed by atoms with Crippen molar-refractivity contribution in [3.63, 3.8) is 0 Å². The summed E-state index contributed by atoms with van der Waals surface area (Å²) in [5.74, 6) is 0.758. The van der Waals surface area contributed by atoms with Gasteiger partial charge in [-0.05, 0) is 18.8 Å². The number of nitrogen functional groups attached to an aromatic ring is 1. The van der Waals surface area contributed by atoms with Crippen molar-refractivity contribution in [3.05, 3.63) is 11.1 Å². The Labute approximate surface area is 89.3 Å². The van der Waals surface area contributed by atoms with E-state index in [1.54, 1.807) is 0 Å². The molecule has 4 heteroatoms. The summed E-state index contributed by atoms with van der Waals surface area (Å²) in [6.07, 6.45) is 2.34. The average molecular weight is 214 g/mol. The van der Waals surface area contributed by atoms with Gasteiger partial charge in [0.1, 0.15) is 0 Å². The maximum absolute atomic E-state index is 5.50. The lowest BCUT2D eigenvalue weighted by Crippen LogP contribution is -1.98. The molecule has 0 radical (unpaired) electrons. The molecule has 1 aromatic rings. The fourth-order valence-corrected chi connectivity index (χ4v) is 1.71. The highest BCUT2D eigenvalue weighted by molar-refractivity contribution is 7.13. The van der Waals surface area contributed by atoms with Crippen molar-refractivity contribution in [2.24, 2.45) is 5.92 Å². The molecule has 0 unspecified atom stereocenters. The van der Waals surface area contributed by atoms with Crippen molar-refractivity contribution in [2.45, 2.75) is 33.3 Å². The van der Waals surface area contributed by atoms with E-state index in [0.717, 1.165) is 24.6 Å². The largest absolute Gasteiger partial charge is 0.375 e. The molecule has 0 spiro atoms. The topological polar surface area (TPSA) is 48.1 Å². The first-order chi connectivity index (χ1) is 6.68. The molecule has 1 heterocycles. The van der Waals surface area contributed by atoms with Crippen LogP contribution in [0.4, 0.5) is 5.13 Å². The van der Waals surface area contributed by atoms with Crippen LogP contribution in [-0.4, -0.2) is 11.6 Å². The van der Waals surface area contributed by atoms with Crippen LogP contribution in [-0.2, 0) is 11.3 Å². The summed E-state index contributed by atoms with van der Waals surface area (Å²) in [6.45, 7) is 5.85. The van der Waals surface area contributed by atoms with Gasteiger partial charge < -0.3 is 10.5 Å². The molecule has 0 aromatic carbocycles. The van der Waals surface area contributed by atoms with Crippen LogP contribution in [0.5, 0.6) is 0 Å². The number of aromatic nitrogens is 1. The van der Waals surface area contributed by atoms with Crippen LogP contribution in [0.25, 0.3) is 0 Å². The van der Waals surface area contributed by atoms with Crippen molar-refractivity contribution in [3.8, 4) is 0 Å². The first kappa shape index (κ1) is 11.5. The number of thiazole rings is 1. The van der Waals surface area contributed by atoms with Gasteiger partial charge in [0.25, 0.3) is 0 Å². The highest BCUT2D eigenvalue weighted by Gasteiger charge is 1.99. The second kappa shape index (κ2) is 5.98. The Hall–Kier alpha value is -0.610. The van der Waals surface area contributed by atoms with Crippen LogP contribution < -0.4 is 5.73 Å². The second-order valence-electron chi connectivity index (χ2n) is 3.77. The first-order valence-corrected chi connectivity index (χ1v) is 5.84. The summed E-state index contributed by atoms with van der Waals surface area (Å²) in [4.78, 5) is 4.11. The first-order valence-electron chi connectivity index (χ1n) is 4.96. The number of rotatable bonds is 6. The normalized spacial score (nSPS) is 11.1. The molecule has 2 N–H and O–H groups in total. The van der Waals surface area contributed by atoms with Crippen LogP contribution in [0.3, 0.4) is 0 Å². The van der Waals surface area contributed by atoms with Crippen LogP contribution in [0, 0.1) is 5.92 Å². The minimum atomic E-state index is 0.589. The van der Waals surface area contributed by atoms with E-state index < -0.39 is 0 Å². The summed E-state index contributed by atoms with van der Waals surface area (Å²) < 4.78 is 5.47. The molecule has 0 aliphatic carbocycles. The number of hydrogen-bond acceptors (Lipinski definition) is 4. The lowest BCUT2D eigenvalue weighted by Gasteiger charge is -2.04. The molecule has 14 heavy (non-hydrogen) atoms. The summed E-state index contributed by atoms with van der Waals surface area (Å²) in [7, 11) is 0. The third-order valence-corrected chi connectivity index (χ3v) is 2.61. The van der Waals surface area contributed by atoms with Crippen molar-refractivity contribution in [1.29, 1.82) is 0 Å². The minimum absolute atomic E-state index is 0.589. The van der Waals surface area contributed by atoms with Gasteiger partial charge in [-0.2, -0.15) is 0 Å². The zero-order valence-corrected chi connectivity index (χ0v) is 9.64. The molecule has 0 saturated heterocycles. The molecule has 0 amide bonds. The Morgan fingerprint density at radius 1 is 1.57 bits per heavy atom. The number of hydrogen-bond donors (Lipinski definition) is 1. The fraction of sp³-hybridized carbons (Fsp3) is 0.700. The van der Waals surface area contributed by atoms with Gasteiger partial charge in [-0.15, -0.1) is 11.3 Å². The molecular weight excluding hydrogens is 196 g/mol. The third-order valence-electron chi connectivity index (χ3n) is 1.89. The Kier molecular flexibility index (Phi) is 4.90. The number of ether oxygens (including phenoxy) is 1. The predicted octanol–water partition coefficient (Wildman–Crippen LogP) is 2.68. The Morgan fingerprint density at radius 3 is 2.93 bits per heavy atom. The van der Waals surface area contributed by atoms with Crippen molar-refractivity contribution >= 4 is 16.5 Å². The van der Waals surface area contributed by atoms with Gasteiger partial charge in [-0.3, -0.25) is 0 Å². The third kappa shape index (κ3) is 4.58. The van der Waals surface area contributed by atoms with E-state index >= 15 is 0 Å².